The fourth-order valence-electron chi connectivity index (χ4n) is 1.44. The van der Waals surface area contributed by atoms with Crippen molar-refractivity contribution in [1.82, 2.24) is 15.3 Å². The van der Waals surface area contributed by atoms with Crippen molar-refractivity contribution >= 4 is 0 Å². The third-order valence-electron chi connectivity index (χ3n) is 3.41. The Bertz CT molecular complexity index is 186. The summed E-state index contributed by atoms with van der Waals surface area (Å²) in [5.74, 6) is 0.275. The van der Waals surface area contributed by atoms with Gasteiger partial charge in [0.05, 0.1) is 5.60 Å². The minimum absolute atomic E-state index is 0.275. The molecule has 90 valence electrons. The van der Waals surface area contributed by atoms with Crippen LogP contribution in [0, 0.1) is 5.92 Å². The Morgan fingerprint density at radius 1 is 1.27 bits per heavy atom. The molecule has 0 radical (unpaired) electrons. The zero-order valence-corrected chi connectivity index (χ0v) is 10.5. The van der Waals surface area contributed by atoms with E-state index in [9.17, 15) is 5.11 Å². The monoisotopic (exact) mass is 215 g/mol. The van der Waals surface area contributed by atoms with Crippen LogP contribution in [0.1, 0.15) is 20.8 Å². The molecule has 2 N–H and O–H groups in total. The maximum atomic E-state index is 10.1. The van der Waals surface area contributed by atoms with Gasteiger partial charge in [-0.15, -0.1) is 0 Å². The summed E-state index contributed by atoms with van der Waals surface area (Å²) in [7, 11) is 2.14. The molecule has 4 heteroatoms. The third kappa shape index (κ3) is 4.07. The van der Waals surface area contributed by atoms with Crippen LogP contribution in [0.15, 0.2) is 0 Å². The van der Waals surface area contributed by atoms with E-state index < -0.39 is 5.60 Å². The van der Waals surface area contributed by atoms with Gasteiger partial charge in [0.25, 0.3) is 0 Å². The highest BCUT2D eigenvalue weighted by molar-refractivity contribution is 4.79. The summed E-state index contributed by atoms with van der Waals surface area (Å²) < 4.78 is 0. The molecule has 1 atom stereocenters. The van der Waals surface area contributed by atoms with Gasteiger partial charge in [0, 0.05) is 32.7 Å². The molecule has 1 heterocycles. The second-order valence-corrected chi connectivity index (χ2v) is 5.14. The van der Waals surface area contributed by atoms with Gasteiger partial charge in [0.15, 0.2) is 0 Å². The van der Waals surface area contributed by atoms with Crippen LogP contribution in [0.5, 0.6) is 0 Å². The molecule has 1 aliphatic heterocycles. The molecule has 4 nitrogen and oxygen atoms in total. The zero-order chi connectivity index (χ0) is 11.5. The topological polar surface area (TPSA) is 38.7 Å². The molecule has 1 fully saturated rings. The molecule has 1 saturated heterocycles. The van der Waals surface area contributed by atoms with Gasteiger partial charge in [-0.2, -0.15) is 0 Å². The van der Waals surface area contributed by atoms with Crippen LogP contribution in [0.2, 0.25) is 0 Å². The van der Waals surface area contributed by atoms with E-state index in [1.165, 1.54) is 0 Å². The van der Waals surface area contributed by atoms with Crippen molar-refractivity contribution in [2.45, 2.75) is 26.4 Å². The second kappa shape index (κ2) is 5.25. The Morgan fingerprint density at radius 3 is 2.27 bits per heavy atom. The lowest BCUT2D eigenvalue weighted by molar-refractivity contribution is -0.0129. The minimum atomic E-state index is -0.622. The molecule has 0 spiro atoms. The SMILES string of the molecule is CC(C)C(C)(O)CNN1CCN(C)CC1. The smallest absolute Gasteiger partial charge is 0.0780 e. The van der Waals surface area contributed by atoms with Crippen molar-refractivity contribution in [1.29, 1.82) is 0 Å². The summed E-state index contributed by atoms with van der Waals surface area (Å²) in [5, 5.41) is 12.3. The number of piperazine rings is 1. The van der Waals surface area contributed by atoms with E-state index in [-0.39, 0.29) is 5.92 Å². The van der Waals surface area contributed by atoms with Crippen LogP contribution >= 0.6 is 0 Å². The number of hydrogen-bond donors (Lipinski definition) is 2. The molecule has 0 amide bonds. The third-order valence-corrected chi connectivity index (χ3v) is 3.41. The maximum Gasteiger partial charge on any atom is 0.0780 e. The molecule has 1 aliphatic rings. The minimum Gasteiger partial charge on any atom is -0.389 e. The first-order chi connectivity index (χ1) is 6.92. The molecule has 15 heavy (non-hydrogen) atoms. The van der Waals surface area contributed by atoms with E-state index in [1.54, 1.807) is 0 Å². The van der Waals surface area contributed by atoms with Gasteiger partial charge >= 0.3 is 0 Å². The summed E-state index contributed by atoms with van der Waals surface area (Å²) in [6, 6.07) is 0. The van der Waals surface area contributed by atoms with Crippen LogP contribution in [0.4, 0.5) is 0 Å². The first kappa shape index (κ1) is 12.9. The number of nitrogens with zero attached hydrogens (tertiary/aromatic N) is 2. The predicted molar refractivity (Wildman–Crippen MR) is 62.5 cm³/mol. The van der Waals surface area contributed by atoms with Gasteiger partial charge in [-0.05, 0) is 19.9 Å². The van der Waals surface area contributed by atoms with Gasteiger partial charge in [-0.1, -0.05) is 13.8 Å². The highest BCUT2D eigenvalue weighted by atomic mass is 16.3. The molecule has 0 bridgehead atoms. The fourth-order valence-corrected chi connectivity index (χ4v) is 1.44. The molecule has 1 unspecified atom stereocenters. The summed E-state index contributed by atoms with van der Waals surface area (Å²) in [6.07, 6.45) is 0. The Labute approximate surface area is 93.2 Å². The average Bonchev–Trinajstić information content (AvgIpc) is 2.17. The van der Waals surface area contributed by atoms with Crippen LogP contribution in [-0.2, 0) is 0 Å². The fraction of sp³-hybridized carbons (Fsp3) is 1.00. The van der Waals surface area contributed by atoms with E-state index in [1.807, 2.05) is 20.8 Å². The van der Waals surface area contributed by atoms with E-state index in [0.717, 1.165) is 26.2 Å². The molecule has 1 rings (SSSR count). The average molecular weight is 215 g/mol. The molecule has 0 aromatic rings. The Kier molecular flexibility index (Phi) is 4.52. The number of aliphatic hydroxyl groups is 1. The van der Waals surface area contributed by atoms with E-state index >= 15 is 0 Å². The molecular weight excluding hydrogens is 190 g/mol. The largest absolute Gasteiger partial charge is 0.389 e. The Morgan fingerprint density at radius 2 is 1.80 bits per heavy atom. The maximum absolute atomic E-state index is 10.1. The Hall–Kier alpha value is -0.160. The van der Waals surface area contributed by atoms with Crippen molar-refractivity contribution in [2.24, 2.45) is 5.92 Å². The van der Waals surface area contributed by atoms with Crippen molar-refractivity contribution in [3.63, 3.8) is 0 Å². The van der Waals surface area contributed by atoms with Gasteiger partial charge in [0.1, 0.15) is 0 Å². The van der Waals surface area contributed by atoms with Crippen molar-refractivity contribution in [2.75, 3.05) is 39.8 Å². The summed E-state index contributed by atoms with van der Waals surface area (Å²) in [6.45, 7) is 10.9. The van der Waals surface area contributed by atoms with Gasteiger partial charge < -0.3 is 10.0 Å². The number of hydrogen-bond acceptors (Lipinski definition) is 4. The first-order valence-corrected chi connectivity index (χ1v) is 5.81. The lowest BCUT2D eigenvalue weighted by Crippen LogP contribution is -2.55. The van der Waals surface area contributed by atoms with Gasteiger partial charge in [-0.25, -0.2) is 5.01 Å². The quantitative estimate of drug-likeness (QED) is 0.700. The van der Waals surface area contributed by atoms with Crippen molar-refractivity contribution in [3.8, 4) is 0 Å². The normalized spacial score (nSPS) is 24.4. The summed E-state index contributed by atoms with van der Waals surface area (Å²) in [4.78, 5) is 2.32. The number of hydrazine groups is 1. The van der Waals surface area contributed by atoms with E-state index in [4.69, 9.17) is 0 Å². The van der Waals surface area contributed by atoms with E-state index in [0.29, 0.717) is 6.54 Å². The Balaban J connectivity index is 2.25. The zero-order valence-electron chi connectivity index (χ0n) is 10.5. The van der Waals surface area contributed by atoms with Crippen LogP contribution < -0.4 is 5.43 Å². The number of rotatable bonds is 4. The lowest BCUT2D eigenvalue weighted by Gasteiger charge is -2.36. The van der Waals surface area contributed by atoms with E-state index in [2.05, 4.69) is 22.4 Å². The van der Waals surface area contributed by atoms with Gasteiger partial charge in [0.2, 0.25) is 0 Å². The molecular formula is C11H25N3O. The van der Waals surface area contributed by atoms with Crippen LogP contribution in [-0.4, -0.2) is 60.4 Å². The highest BCUT2D eigenvalue weighted by Crippen LogP contribution is 2.14. The molecule has 0 aliphatic carbocycles. The van der Waals surface area contributed by atoms with Gasteiger partial charge in [-0.3, -0.25) is 5.43 Å². The molecule has 0 saturated carbocycles. The standard InChI is InChI=1S/C11H25N3O/c1-10(2)11(3,15)9-12-14-7-5-13(4)6-8-14/h10,12,15H,5-9H2,1-4H3. The highest BCUT2D eigenvalue weighted by Gasteiger charge is 2.25. The summed E-state index contributed by atoms with van der Waals surface area (Å²) >= 11 is 0. The number of likely N-dealkylation sites (N-methyl/N-ethyl adjacent to an activating group) is 1. The lowest BCUT2D eigenvalue weighted by atomic mass is 9.93. The molecule has 0 aromatic heterocycles. The second-order valence-electron chi connectivity index (χ2n) is 5.14. The first-order valence-electron chi connectivity index (χ1n) is 5.81. The predicted octanol–water partition coefficient (Wildman–Crippen LogP) is 0.145. The van der Waals surface area contributed by atoms with Crippen molar-refractivity contribution in [3.05, 3.63) is 0 Å². The summed E-state index contributed by atoms with van der Waals surface area (Å²) in [5.41, 5.74) is 2.70. The van der Waals surface area contributed by atoms with Crippen LogP contribution in [0.3, 0.4) is 0 Å². The number of nitrogens with one attached hydrogen (secondary N) is 1. The van der Waals surface area contributed by atoms with Crippen molar-refractivity contribution < 1.29 is 5.11 Å². The molecule has 0 aromatic carbocycles. The van der Waals surface area contributed by atoms with Crippen LogP contribution in [0.25, 0.3) is 0 Å².